The largest absolute Gasteiger partial charge is 0.494 e. The van der Waals surface area contributed by atoms with E-state index in [4.69, 9.17) is 9.15 Å². The zero-order chi connectivity index (χ0) is 30.8. The zero-order valence-electron chi connectivity index (χ0n) is 25.6. The van der Waals surface area contributed by atoms with Crippen molar-refractivity contribution in [2.45, 2.75) is 77.7 Å². The van der Waals surface area contributed by atoms with Crippen LogP contribution < -0.4 is 10.1 Å². The van der Waals surface area contributed by atoms with Crippen LogP contribution in [0.5, 0.6) is 5.75 Å². The van der Waals surface area contributed by atoms with Gasteiger partial charge in [0.05, 0.1) is 6.61 Å². The Morgan fingerprint density at radius 2 is 1.53 bits per heavy atom. The van der Waals surface area contributed by atoms with Gasteiger partial charge in [0, 0.05) is 23.1 Å². The van der Waals surface area contributed by atoms with Crippen LogP contribution in [-0.2, 0) is 16.6 Å². The summed E-state index contributed by atoms with van der Waals surface area (Å²) in [6.45, 7) is 9.22. The third-order valence-corrected chi connectivity index (χ3v) is 7.43. The molecule has 0 saturated heterocycles. The molecule has 4 rings (SSSR count). The molecule has 1 atom stereocenters. The number of rotatable bonds is 14. The predicted octanol–water partition coefficient (Wildman–Crippen LogP) is 8.08. The second-order valence-corrected chi connectivity index (χ2v) is 11.9. The Kier molecular flexibility index (Phi) is 10.8. The minimum absolute atomic E-state index is 0.0357. The Balaban J connectivity index is 1.33. The predicted molar refractivity (Wildman–Crippen MR) is 169 cm³/mol. The molecule has 0 aliphatic carbocycles. The summed E-state index contributed by atoms with van der Waals surface area (Å²) >= 11 is 0. The van der Waals surface area contributed by atoms with Gasteiger partial charge in [0.2, 0.25) is 5.89 Å². The van der Waals surface area contributed by atoms with Crippen molar-refractivity contribution in [3.05, 3.63) is 95.7 Å². The first kappa shape index (κ1) is 31.5. The molecule has 0 spiro atoms. The van der Waals surface area contributed by atoms with Gasteiger partial charge in [-0.2, -0.15) is 0 Å². The van der Waals surface area contributed by atoms with E-state index in [9.17, 15) is 14.7 Å². The van der Waals surface area contributed by atoms with Crippen LogP contribution in [0.4, 0.5) is 0 Å². The summed E-state index contributed by atoms with van der Waals surface area (Å²) in [6, 6.07) is 21.4. The van der Waals surface area contributed by atoms with Crippen LogP contribution in [0.1, 0.15) is 81.3 Å². The average molecular weight is 583 g/mol. The van der Waals surface area contributed by atoms with Crippen LogP contribution in [0.25, 0.3) is 22.7 Å². The number of benzene rings is 3. The molecule has 4 aromatic rings. The Hall–Kier alpha value is -4.39. The van der Waals surface area contributed by atoms with E-state index < -0.39 is 17.9 Å². The van der Waals surface area contributed by atoms with Crippen LogP contribution in [0.3, 0.4) is 0 Å². The first-order chi connectivity index (χ1) is 20.6. The summed E-state index contributed by atoms with van der Waals surface area (Å²) in [6.07, 6.45) is 7.77. The van der Waals surface area contributed by atoms with Gasteiger partial charge in [0.25, 0.3) is 5.91 Å². The summed E-state index contributed by atoms with van der Waals surface area (Å²) in [5.41, 5.74) is 4.65. The number of unbranched alkanes of at least 4 members (excludes halogenated alkanes) is 4. The van der Waals surface area contributed by atoms with Crippen molar-refractivity contribution in [1.82, 2.24) is 10.3 Å². The lowest BCUT2D eigenvalue weighted by atomic mass is 9.86. The van der Waals surface area contributed by atoms with Gasteiger partial charge in [-0.25, -0.2) is 9.78 Å². The molecular weight excluding hydrogens is 540 g/mol. The molecule has 0 bridgehead atoms. The van der Waals surface area contributed by atoms with Crippen molar-refractivity contribution in [3.63, 3.8) is 0 Å². The van der Waals surface area contributed by atoms with Crippen LogP contribution in [0, 0.1) is 0 Å². The van der Waals surface area contributed by atoms with Crippen molar-refractivity contribution in [1.29, 1.82) is 0 Å². The van der Waals surface area contributed by atoms with Crippen molar-refractivity contribution >= 4 is 11.9 Å². The summed E-state index contributed by atoms with van der Waals surface area (Å²) in [5, 5.41) is 12.4. The monoisotopic (exact) mass is 582 g/mol. The van der Waals surface area contributed by atoms with Crippen molar-refractivity contribution < 1.29 is 23.8 Å². The molecule has 0 saturated carbocycles. The lowest BCUT2D eigenvalue weighted by Crippen LogP contribution is -2.42. The second kappa shape index (κ2) is 14.7. The number of carbonyl (C=O) groups excluding carboxylic acids is 1. The van der Waals surface area contributed by atoms with Crippen LogP contribution in [-0.4, -0.2) is 34.6 Å². The van der Waals surface area contributed by atoms with Crippen molar-refractivity contribution in [2.24, 2.45) is 0 Å². The number of hydrogen-bond donors (Lipinski definition) is 2. The molecule has 0 aliphatic heterocycles. The molecule has 3 aromatic carbocycles. The lowest BCUT2D eigenvalue weighted by molar-refractivity contribution is -0.139. The maximum absolute atomic E-state index is 12.8. The molecule has 226 valence electrons. The summed E-state index contributed by atoms with van der Waals surface area (Å²) in [7, 11) is 0. The van der Waals surface area contributed by atoms with E-state index in [1.807, 2.05) is 60.7 Å². The number of ether oxygens (including phenoxy) is 1. The molecule has 0 fully saturated rings. The maximum atomic E-state index is 12.8. The van der Waals surface area contributed by atoms with E-state index in [-0.39, 0.29) is 11.8 Å². The van der Waals surface area contributed by atoms with Gasteiger partial charge in [0.15, 0.2) is 0 Å². The van der Waals surface area contributed by atoms with Crippen molar-refractivity contribution in [2.75, 3.05) is 6.61 Å². The third-order valence-electron chi connectivity index (χ3n) is 7.43. The number of aromatic nitrogens is 1. The topological polar surface area (TPSA) is 102 Å². The quantitative estimate of drug-likeness (QED) is 0.146. The Bertz CT molecular complexity index is 1470. The fourth-order valence-corrected chi connectivity index (χ4v) is 4.74. The number of nitrogens with zero attached hydrogens (tertiary/aromatic N) is 1. The lowest BCUT2D eigenvalue weighted by Gasteiger charge is -2.19. The van der Waals surface area contributed by atoms with E-state index in [1.54, 1.807) is 18.4 Å². The summed E-state index contributed by atoms with van der Waals surface area (Å²) < 4.78 is 11.6. The number of hydrogen-bond acceptors (Lipinski definition) is 5. The van der Waals surface area contributed by atoms with Crippen LogP contribution in [0.2, 0.25) is 0 Å². The van der Waals surface area contributed by atoms with Crippen LogP contribution >= 0.6 is 0 Å². The Morgan fingerprint density at radius 1 is 0.884 bits per heavy atom. The molecule has 1 aromatic heterocycles. The van der Waals surface area contributed by atoms with Crippen LogP contribution in [0.15, 0.2) is 83.5 Å². The highest BCUT2D eigenvalue weighted by molar-refractivity contribution is 5.96. The standard InChI is InChI=1S/C36H42N2O5/c1-5-6-7-8-9-22-42-30-20-16-28(17-21-30)34-38-32(24-43-34)26-12-10-25(11-13-26)23-31(35(40)41)37-33(39)27-14-18-29(19-15-27)36(2,3)4/h10-21,24,31H,5-9,22-23H2,1-4H3,(H,37,39)(H,40,41)/t31-/m0/s1. The number of nitrogens with one attached hydrogen (secondary N) is 1. The van der Waals surface area contributed by atoms with Crippen molar-refractivity contribution in [3.8, 4) is 28.5 Å². The summed E-state index contributed by atoms with van der Waals surface area (Å²) in [4.78, 5) is 29.4. The van der Waals surface area contributed by atoms with E-state index in [1.165, 1.54) is 25.7 Å². The molecule has 7 heteroatoms. The van der Waals surface area contributed by atoms with Gasteiger partial charge >= 0.3 is 5.97 Å². The number of carboxylic acid groups (broad SMARTS) is 1. The molecule has 2 N–H and O–H groups in total. The molecule has 0 radical (unpaired) electrons. The van der Waals surface area contributed by atoms with Gasteiger partial charge in [-0.3, -0.25) is 4.79 Å². The van der Waals surface area contributed by atoms with Gasteiger partial charge < -0.3 is 19.6 Å². The molecule has 7 nitrogen and oxygen atoms in total. The zero-order valence-corrected chi connectivity index (χ0v) is 25.6. The second-order valence-electron chi connectivity index (χ2n) is 11.9. The first-order valence-corrected chi connectivity index (χ1v) is 15.1. The van der Waals surface area contributed by atoms with E-state index >= 15 is 0 Å². The number of oxazole rings is 1. The minimum Gasteiger partial charge on any atom is -0.494 e. The number of amides is 1. The average Bonchev–Trinajstić information content (AvgIpc) is 3.49. The number of carboxylic acids is 1. The minimum atomic E-state index is -1.09. The fraction of sp³-hybridized carbons (Fsp3) is 0.361. The molecule has 0 unspecified atom stereocenters. The Labute approximate surface area is 254 Å². The fourth-order valence-electron chi connectivity index (χ4n) is 4.74. The SMILES string of the molecule is CCCCCCCOc1ccc(-c2nc(-c3ccc(C[C@H](NC(=O)c4ccc(C(C)(C)C)cc4)C(=O)O)cc3)co2)cc1. The first-order valence-electron chi connectivity index (χ1n) is 15.1. The van der Waals surface area contributed by atoms with E-state index in [0.29, 0.717) is 23.8 Å². The normalized spacial score (nSPS) is 12.1. The van der Waals surface area contributed by atoms with Gasteiger partial charge in [0.1, 0.15) is 23.7 Å². The number of carbonyl (C=O) groups is 2. The highest BCUT2D eigenvalue weighted by Gasteiger charge is 2.22. The highest BCUT2D eigenvalue weighted by atomic mass is 16.5. The molecule has 0 aliphatic rings. The smallest absolute Gasteiger partial charge is 0.326 e. The number of aliphatic carboxylic acids is 1. The summed E-state index contributed by atoms with van der Waals surface area (Å²) in [5.74, 6) is -0.167. The highest BCUT2D eigenvalue weighted by Crippen LogP contribution is 2.27. The van der Waals surface area contributed by atoms with Gasteiger partial charge in [-0.05, 0) is 59.4 Å². The third kappa shape index (κ3) is 9.05. The Morgan fingerprint density at radius 3 is 2.16 bits per heavy atom. The molecule has 1 amide bonds. The molecular formula is C36H42N2O5. The van der Waals surface area contributed by atoms with E-state index in [0.717, 1.165) is 34.4 Å². The van der Waals surface area contributed by atoms with Gasteiger partial charge in [-0.15, -0.1) is 0 Å². The van der Waals surface area contributed by atoms with E-state index in [2.05, 4.69) is 38.0 Å². The maximum Gasteiger partial charge on any atom is 0.326 e. The van der Waals surface area contributed by atoms with Gasteiger partial charge in [-0.1, -0.05) is 89.8 Å². The molecule has 1 heterocycles. The molecule has 43 heavy (non-hydrogen) atoms.